The number of carbonyl (C=O) groups excluding carboxylic acids is 1. The van der Waals surface area contributed by atoms with Gasteiger partial charge in [0.1, 0.15) is 5.78 Å². The number of nitrogens with zero attached hydrogens (tertiary/aromatic N) is 3. The van der Waals surface area contributed by atoms with Crippen LogP contribution in [0.5, 0.6) is 0 Å². The van der Waals surface area contributed by atoms with Gasteiger partial charge >= 0.3 is 0 Å². The molecule has 20 heavy (non-hydrogen) atoms. The number of hydrogen-bond donors (Lipinski definition) is 0. The summed E-state index contributed by atoms with van der Waals surface area (Å²) < 4.78 is 5.05. The van der Waals surface area contributed by atoms with Gasteiger partial charge in [-0.3, -0.25) is 9.69 Å². The van der Waals surface area contributed by atoms with Crippen LogP contribution in [0.25, 0.3) is 0 Å². The molecule has 5 nitrogen and oxygen atoms in total. The summed E-state index contributed by atoms with van der Waals surface area (Å²) in [5.74, 6) is 2.06. The summed E-state index contributed by atoms with van der Waals surface area (Å²) in [5.41, 5.74) is 0. The van der Waals surface area contributed by atoms with Crippen molar-refractivity contribution in [1.29, 1.82) is 0 Å². The molecule has 1 aromatic rings. The Balaban J connectivity index is 1.71. The fourth-order valence-corrected chi connectivity index (χ4v) is 3.67. The van der Waals surface area contributed by atoms with Crippen molar-refractivity contribution >= 4 is 5.78 Å². The molecule has 0 amide bonds. The van der Waals surface area contributed by atoms with Gasteiger partial charge < -0.3 is 4.52 Å². The minimum absolute atomic E-state index is 0.233. The zero-order chi connectivity index (χ0) is 13.9. The van der Waals surface area contributed by atoms with Crippen LogP contribution in [0.3, 0.4) is 0 Å². The van der Waals surface area contributed by atoms with Gasteiger partial charge in [0.25, 0.3) is 0 Å². The van der Waals surface area contributed by atoms with E-state index in [4.69, 9.17) is 4.52 Å². The number of rotatable bonds is 3. The van der Waals surface area contributed by atoms with E-state index in [2.05, 4.69) is 15.0 Å². The van der Waals surface area contributed by atoms with E-state index >= 15 is 0 Å². The van der Waals surface area contributed by atoms with Crippen molar-refractivity contribution in [2.24, 2.45) is 5.92 Å². The van der Waals surface area contributed by atoms with Crippen molar-refractivity contribution in [2.45, 2.75) is 64.5 Å². The number of likely N-dealkylation sites (tertiary alicyclic amines) is 1. The summed E-state index contributed by atoms with van der Waals surface area (Å²) in [6, 6.07) is 0.385. The van der Waals surface area contributed by atoms with Gasteiger partial charge in [0.2, 0.25) is 5.89 Å². The second-order valence-corrected chi connectivity index (χ2v) is 6.08. The summed E-state index contributed by atoms with van der Waals surface area (Å²) in [7, 11) is 0. The number of aryl methyl sites for hydroxylation is 1. The highest BCUT2D eigenvalue weighted by Crippen LogP contribution is 2.32. The van der Waals surface area contributed by atoms with E-state index in [0.717, 1.165) is 38.1 Å². The molecule has 1 aromatic heterocycles. The molecule has 110 valence electrons. The van der Waals surface area contributed by atoms with E-state index in [-0.39, 0.29) is 5.92 Å². The van der Waals surface area contributed by atoms with E-state index < -0.39 is 0 Å². The predicted octanol–water partition coefficient (Wildman–Crippen LogP) is 2.49. The molecular formula is C15H23N3O2. The van der Waals surface area contributed by atoms with Crippen LogP contribution in [-0.4, -0.2) is 33.4 Å². The highest BCUT2D eigenvalue weighted by molar-refractivity contribution is 5.82. The number of ketones is 1. The van der Waals surface area contributed by atoms with Crippen molar-refractivity contribution in [2.75, 3.05) is 6.54 Å². The van der Waals surface area contributed by atoms with Gasteiger partial charge in [-0.05, 0) is 32.2 Å². The van der Waals surface area contributed by atoms with Crippen molar-refractivity contribution in [3.05, 3.63) is 11.7 Å². The lowest BCUT2D eigenvalue weighted by Gasteiger charge is -2.40. The first-order chi connectivity index (χ1) is 9.74. The Kier molecular flexibility index (Phi) is 4.15. The quantitative estimate of drug-likeness (QED) is 0.849. The van der Waals surface area contributed by atoms with E-state index in [9.17, 15) is 4.79 Å². The van der Waals surface area contributed by atoms with Crippen LogP contribution in [0.2, 0.25) is 0 Å². The summed E-state index contributed by atoms with van der Waals surface area (Å²) in [4.78, 5) is 18.9. The third-order valence-corrected chi connectivity index (χ3v) is 4.64. The molecule has 2 aliphatic rings. The molecule has 0 bridgehead atoms. The Morgan fingerprint density at radius 1 is 1.25 bits per heavy atom. The predicted molar refractivity (Wildman–Crippen MR) is 74.0 cm³/mol. The van der Waals surface area contributed by atoms with Crippen molar-refractivity contribution in [3.8, 4) is 0 Å². The first-order valence-corrected chi connectivity index (χ1v) is 7.80. The molecule has 1 aliphatic heterocycles. The zero-order valence-electron chi connectivity index (χ0n) is 12.2. The Hall–Kier alpha value is -1.23. The van der Waals surface area contributed by atoms with Crippen LogP contribution in [0.1, 0.15) is 56.7 Å². The maximum Gasteiger partial charge on any atom is 0.223 e. The van der Waals surface area contributed by atoms with E-state index in [1.165, 1.54) is 19.3 Å². The first-order valence-electron chi connectivity index (χ1n) is 7.80. The van der Waals surface area contributed by atoms with E-state index in [0.29, 0.717) is 24.3 Å². The number of Topliss-reactive ketones (excluding diaryl/α,β-unsaturated/α-hetero) is 1. The lowest BCUT2D eigenvalue weighted by Crippen LogP contribution is -2.47. The molecule has 1 aliphatic carbocycles. The minimum Gasteiger partial charge on any atom is -0.340 e. The maximum absolute atomic E-state index is 12.2. The normalized spacial score (nSPS) is 28.8. The molecule has 1 saturated heterocycles. The van der Waals surface area contributed by atoms with Gasteiger partial charge in [0.15, 0.2) is 5.82 Å². The van der Waals surface area contributed by atoms with Crippen LogP contribution in [0.15, 0.2) is 4.52 Å². The van der Waals surface area contributed by atoms with E-state index in [1.54, 1.807) is 0 Å². The lowest BCUT2D eigenvalue weighted by atomic mass is 9.79. The van der Waals surface area contributed by atoms with Gasteiger partial charge in [-0.25, -0.2) is 0 Å². The SMILES string of the molecule is Cc1nc(CN2CCCCC2C2CCCCC2=O)no1. The largest absolute Gasteiger partial charge is 0.340 e. The molecule has 0 N–H and O–H groups in total. The molecule has 2 heterocycles. The van der Waals surface area contributed by atoms with Gasteiger partial charge in [-0.1, -0.05) is 18.0 Å². The summed E-state index contributed by atoms with van der Waals surface area (Å²) in [6.45, 7) is 3.57. The Bertz CT molecular complexity index is 471. The maximum atomic E-state index is 12.2. The van der Waals surface area contributed by atoms with Crippen molar-refractivity contribution in [3.63, 3.8) is 0 Å². The fraction of sp³-hybridized carbons (Fsp3) is 0.800. The van der Waals surface area contributed by atoms with Gasteiger partial charge in [-0.15, -0.1) is 0 Å². The molecule has 0 aromatic carbocycles. The van der Waals surface area contributed by atoms with Crippen LogP contribution >= 0.6 is 0 Å². The number of hydrogen-bond acceptors (Lipinski definition) is 5. The average Bonchev–Trinajstić information content (AvgIpc) is 2.86. The number of piperidine rings is 1. The van der Waals surface area contributed by atoms with E-state index in [1.807, 2.05) is 6.92 Å². The molecule has 2 fully saturated rings. The Morgan fingerprint density at radius 3 is 2.85 bits per heavy atom. The highest BCUT2D eigenvalue weighted by atomic mass is 16.5. The summed E-state index contributed by atoms with van der Waals surface area (Å²) in [6.07, 6.45) is 7.67. The number of aromatic nitrogens is 2. The second-order valence-electron chi connectivity index (χ2n) is 6.08. The zero-order valence-corrected chi connectivity index (χ0v) is 12.2. The fourth-order valence-electron chi connectivity index (χ4n) is 3.67. The molecular weight excluding hydrogens is 254 g/mol. The standard InChI is InChI=1S/C15H23N3O2/c1-11-16-15(17-20-11)10-18-9-5-4-7-13(18)12-6-2-3-8-14(12)19/h12-13H,2-10H2,1H3. The lowest BCUT2D eigenvalue weighted by molar-refractivity contribution is -0.127. The number of carbonyl (C=O) groups is 1. The monoisotopic (exact) mass is 277 g/mol. The topological polar surface area (TPSA) is 59.2 Å². The van der Waals surface area contributed by atoms with Crippen LogP contribution < -0.4 is 0 Å². The molecule has 0 radical (unpaired) electrons. The molecule has 1 saturated carbocycles. The third-order valence-electron chi connectivity index (χ3n) is 4.64. The summed E-state index contributed by atoms with van der Waals surface area (Å²) in [5, 5.41) is 4.00. The molecule has 2 unspecified atom stereocenters. The van der Waals surface area contributed by atoms with Gasteiger partial charge in [0, 0.05) is 25.3 Å². The van der Waals surface area contributed by atoms with Crippen LogP contribution in [-0.2, 0) is 11.3 Å². The van der Waals surface area contributed by atoms with Gasteiger partial charge in [-0.2, -0.15) is 4.98 Å². The third kappa shape index (κ3) is 2.92. The molecule has 2 atom stereocenters. The second kappa shape index (κ2) is 6.04. The molecule has 3 rings (SSSR count). The minimum atomic E-state index is 0.233. The van der Waals surface area contributed by atoms with Crippen LogP contribution in [0.4, 0.5) is 0 Å². The first kappa shape index (κ1) is 13.7. The molecule has 0 spiro atoms. The Morgan fingerprint density at radius 2 is 2.10 bits per heavy atom. The Labute approximate surface area is 119 Å². The summed E-state index contributed by atoms with van der Waals surface area (Å²) >= 11 is 0. The van der Waals surface area contributed by atoms with Crippen molar-refractivity contribution < 1.29 is 9.32 Å². The average molecular weight is 277 g/mol. The molecule has 5 heteroatoms. The highest BCUT2D eigenvalue weighted by Gasteiger charge is 2.35. The van der Waals surface area contributed by atoms with Crippen molar-refractivity contribution in [1.82, 2.24) is 15.0 Å². The van der Waals surface area contributed by atoms with Gasteiger partial charge in [0.05, 0.1) is 6.54 Å². The van der Waals surface area contributed by atoms with Crippen LogP contribution in [0, 0.1) is 12.8 Å². The smallest absolute Gasteiger partial charge is 0.223 e.